The molecule has 0 aliphatic heterocycles. The maximum atomic E-state index is 9.87. The molecule has 3 rings (SSSR count). The van der Waals surface area contributed by atoms with E-state index in [0.29, 0.717) is 6.61 Å². The third-order valence-electron chi connectivity index (χ3n) is 6.30. The Labute approximate surface area is 197 Å². The van der Waals surface area contributed by atoms with E-state index in [2.05, 4.69) is 44.2 Å². The van der Waals surface area contributed by atoms with Gasteiger partial charge >= 0.3 is 0 Å². The van der Waals surface area contributed by atoms with Crippen LogP contribution in [0, 0.1) is 6.92 Å². The summed E-state index contributed by atoms with van der Waals surface area (Å²) >= 11 is 0. The molecule has 0 aliphatic rings. The molecule has 3 N–H and O–H groups in total. The fraction of sp³-hybridized carbons (Fsp3) is 0.379. The average Bonchev–Trinajstić information content (AvgIpc) is 2.85. The molecule has 0 saturated carbocycles. The third-order valence-corrected chi connectivity index (χ3v) is 6.30. The van der Waals surface area contributed by atoms with Crippen LogP contribution in [0.1, 0.15) is 60.1 Å². The van der Waals surface area contributed by atoms with Gasteiger partial charge in [-0.05, 0) is 95.3 Å². The Kier molecular flexibility index (Phi) is 9.07. The molecule has 3 aromatic rings. The molecule has 1 unspecified atom stereocenters. The Morgan fingerprint density at radius 1 is 0.788 bits per heavy atom. The largest absolute Gasteiger partial charge is 0.489 e. The molecular weight excluding hydrogens is 412 g/mol. The third kappa shape index (κ3) is 6.44. The summed E-state index contributed by atoms with van der Waals surface area (Å²) < 4.78 is 6.10. The van der Waals surface area contributed by atoms with Gasteiger partial charge in [0.2, 0.25) is 0 Å². The molecule has 1 atom stereocenters. The van der Waals surface area contributed by atoms with Crippen molar-refractivity contribution in [2.75, 3.05) is 0 Å². The molecule has 0 bridgehead atoms. The van der Waals surface area contributed by atoms with Crippen LogP contribution in [-0.4, -0.2) is 21.4 Å². The molecule has 176 valence electrons. The van der Waals surface area contributed by atoms with Crippen LogP contribution in [-0.2, 0) is 32.7 Å². The SMILES string of the molecule is CCc1ccc(OCc2ccc(CO)c(CO)c2)cc1-c1ccc(CCC(O)CC)cc1C. The number of hydrogen-bond acceptors (Lipinski definition) is 4. The van der Waals surface area contributed by atoms with Crippen molar-refractivity contribution in [3.8, 4) is 16.9 Å². The van der Waals surface area contributed by atoms with Gasteiger partial charge in [0.15, 0.2) is 0 Å². The van der Waals surface area contributed by atoms with Crippen molar-refractivity contribution in [3.63, 3.8) is 0 Å². The minimum absolute atomic E-state index is 0.0871. The van der Waals surface area contributed by atoms with Crippen LogP contribution in [0.15, 0.2) is 54.6 Å². The monoisotopic (exact) mass is 448 g/mol. The number of ether oxygens (including phenoxy) is 1. The van der Waals surface area contributed by atoms with Crippen molar-refractivity contribution in [2.45, 2.75) is 72.4 Å². The smallest absolute Gasteiger partial charge is 0.120 e. The summed E-state index contributed by atoms with van der Waals surface area (Å²) in [7, 11) is 0. The van der Waals surface area contributed by atoms with Gasteiger partial charge in [0.05, 0.1) is 19.3 Å². The van der Waals surface area contributed by atoms with Crippen LogP contribution in [0.2, 0.25) is 0 Å². The lowest BCUT2D eigenvalue weighted by molar-refractivity contribution is 0.160. The van der Waals surface area contributed by atoms with Crippen LogP contribution in [0.3, 0.4) is 0 Å². The van der Waals surface area contributed by atoms with E-state index in [4.69, 9.17) is 4.74 Å². The topological polar surface area (TPSA) is 69.9 Å². The predicted molar refractivity (Wildman–Crippen MR) is 133 cm³/mol. The van der Waals surface area contributed by atoms with Crippen molar-refractivity contribution in [3.05, 3.63) is 88.0 Å². The van der Waals surface area contributed by atoms with Gasteiger partial charge in [-0.2, -0.15) is 0 Å². The van der Waals surface area contributed by atoms with Crippen LogP contribution in [0.5, 0.6) is 5.75 Å². The normalized spacial score (nSPS) is 12.1. The molecule has 0 aliphatic carbocycles. The van der Waals surface area contributed by atoms with E-state index in [-0.39, 0.29) is 19.3 Å². The summed E-state index contributed by atoms with van der Waals surface area (Å²) in [4.78, 5) is 0. The van der Waals surface area contributed by atoms with Crippen molar-refractivity contribution in [2.24, 2.45) is 0 Å². The highest BCUT2D eigenvalue weighted by Gasteiger charge is 2.11. The molecule has 0 radical (unpaired) electrons. The molecule has 0 amide bonds. The van der Waals surface area contributed by atoms with Crippen LogP contribution < -0.4 is 4.74 Å². The summed E-state index contributed by atoms with van der Waals surface area (Å²) in [5.41, 5.74) is 8.53. The van der Waals surface area contributed by atoms with Gasteiger partial charge in [0.1, 0.15) is 12.4 Å². The van der Waals surface area contributed by atoms with Crippen molar-refractivity contribution >= 4 is 0 Å². The van der Waals surface area contributed by atoms with Gasteiger partial charge in [0, 0.05) is 0 Å². The summed E-state index contributed by atoms with van der Waals surface area (Å²) in [5, 5.41) is 28.8. The van der Waals surface area contributed by atoms with Crippen molar-refractivity contribution in [1.82, 2.24) is 0 Å². The molecule has 0 aromatic heterocycles. The fourth-order valence-corrected chi connectivity index (χ4v) is 4.16. The van der Waals surface area contributed by atoms with Crippen LogP contribution in [0.25, 0.3) is 11.1 Å². The number of benzene rings is 3. The van der Waals surface area contributed by atoms with E-state index < -0.39 is 0 Å². The summed E-state index contributed by atoms with van der Waals surface area (Å²) in [6, 6.07) is 18.5. The minimum Gasteiger partial charge on any atom is -0.489 e. The fourth-order valence-electron chi connectivity index (χ4n) is 4.16. The lowest BCUT2D eigenvalue weighted by Gasteiger charge is -2.16. The highest BCUT2D eigenvalue weighted by molar-refractivity contribution is 5.72. The van der Waals surface area contributed by atoms with Gasteiger partial charge in [-0.25, -0.2) is 0 Å². The molecule has 0 heterocycles. The lowest BCUT2D eigenvalue weighted by atomic mass is 9.92. The van der Waals surface area contributed by atoms with Gasteiger partial charge in [0.25, 0.3) is 0 Å². The van der Waals surface area contributed by atoms with Crippen molar-refractivity contribution in [1.29, 1.82) is 0 Å². The quantitative estimate of drug-likeness (QED) is 0.363. The number of hydrogen-bond donors (Lipinski definition) is 3. The van der Waals surface area contributed by atoms with Crippen molar-refractivity contribution < 1.29 is 20.1 Å². The van der Waals surface area contributed by atoms with E-state index in [1.165, 1.54) is 27.8 Å². The molecule has 3 aromatic carbocycles. The second-order valence-electron chi connectivity index (χ2n) is 8.63. The predicted octanol–water partition coefficient (Wildman–Crippen LogP) is 5.49. The standard InChI is InChI=1S/C29H36O4/c1-4-23-10-12-27(33-19-22-6-9-24(17-30)25(15-22)18-31)16-29(23)28-13-8-21(14-20(28)3)7-11-26(32)5-2/h6,8-10,12-16,26,30-32H,4-5,7,11,17-19H2,1-3H3. The second kappa shape index (κ2) is 12.0. The zero-order chi connectivity index (χ0) is 23.8. The van der Waals surface area contributed by atoms with E-state index in [1.54, 1.807) is 0 Å². The zero-order valence-electron chi connectivity index (χ0n) is 20.0. The Hall–Kier alpha value is -2.66. The molecule has 0 spiro atoms. The molecule has 4 heteroatoms. The Balaban J connectivity index is 1.80. The number of rotatable bonds is 11. The summed E-state index contributed by atoms with van der Waals surface area (Å²) in [5.74, 6) is 0.800. The molecule has 0 saturated heterocycles. The second-order valence-corrected chi connectivity index (χ2v) is 8.63. The Bertz CT molecular complexity index is 1060. The first-order chi connectivity index (χ1) is 16.0. The van der Waals surface area contributed by atoms with E-state index in [1.807, 2.05) is 31.2 Å². The van der Waals surface area contributed by atoms with Crippen LogP contribution >= 0.6 is 0 Å². The van der Waals surface area contributed by atoms with Gasteiger partial charge in [-0.1, -0.05) is 50.2 Å². The average molecular weight is 449 g/mol. The number of aryl methyl sites for hydroxylation is 3. The van der Waals surface area contributed by atoms with Gasteiger partial charge in [-0.15, -0.1) is 0 Å². The molecule has 4 nitrogen and oxygen atoms in total. The number of aliphatic hydroxyl groups is 3. The van der Waals surface area contributed by atoms with E-state index in [9.17, 15) is 15.3 Å². The highest BCUT2D eigenvalue weighted by Crippen LogP contribution is 2.32. The van der Waals surface area contributed by atoms with Gasteiger partial charge in [-0.3, -0.25) is 0 Å². The lowest BCUT2D eigenvalue weighted by Crippen LogP contribution is -2.05. The molecular formula is C29H36O4. The maximum Gasteiger partial charge on any atom is 0.120 e. The first-order valence-corrected chi connectivity index (χ1v) is 11.8. The molecule has 0 fully saturated rings. The first-order valence-electron chi connectivity index (χ1n) is 11.8. The summed E-state index contributed by atoms with van der Waals surface area (Å²) in [6.45, 7) is 6.51. The van der Waals surface area contributed by atoms with Crippen LogP contribution in [0.4, 0.5) is 0 Å². The Morgan fingerprint density at radius 2 is 1.52 bits per heavy atom. The van der Waals surface area contributed by atoms with E-state index >= 15 is 0 Å². The number of aliphatic hydroxyl groups excluding tert-OH is 3. The maximum absolute atomic E-state index is 9.87. The molecule has 33 heavy (non-hydrogen) atoms. The Morgan fingerprint density at radius 3 is 2.18 bits per heavy atom. The first kappa shape index (κ1) is 25.0. The highest BCUT2D eigenvalue weighted by atomic mass is 16.5. The summed E-state index contributed by atoms with van der Waals surface area (Å²) in [6.07, 6.45) is 3.15. The zero-order valence-corrected chi connectivity index (χ0v) is 20.0. The van der Waals surface area contributed by atoms with Gasteiger partial charge < -0.3 is 20.1 Å². The minimum atomic E-state index is -0.237. The van der Waals surface area contributed by atoms with E-state index in [0.717, 1.165) is 48.1 Å².